The number of carbonyl (C=O) groups is 1. The first-order chi connectivity index (χ1) is 8.02. The van der Waals surface area contributed by atoms with Crippen molar-refractivity contribution in [1.82, 2.24) is 0 Å². The van der Waals surface area contributed by atoms with Gasteiger partial charge in [0.2, 0.25) is 0 Å². The van der Waals surface area contributed by atoms with Crippen molar-refractivity contribution < 1.29 is 20.1 Å². The van der Waals surface area contributed by atoms with Gasteiger partial charge in [0.25, 0.3) is 0 Å². The number of carboxylic acids is 1. The Morgan fingerprint density at radius 3 is 2.18 bits per heavy atom. The molecule has 5 heteroatoms. The topological polar surface area (TPSA) is 104 Å². The first-order valence-corrected chi connectivity index (χ1v) is 5.35. The number of carboxylic acid groups (broad SMARTS) is 1. The van der Waals surface area contributed by atoms with E-state index in [0.29, 0.717) is 5.56 Å². The number of aliphatic carboxylic acids is 1. The van der Waals surface area contributed by atoms with E-state index in [4.69, 9.17) is 21.1 Å². The molecule has 0 unspecified atom stereocenters. The second kappa shape index (κ2) is 8.69. The van der Waals surface area contributed by atoms with Crippen molar-refractivity contribution in [2.75, 3.05) is 6.61 Å². The number of nitrogens with two attached hydrogens (primary N) is 1. The van der Waals surface area contributed by atoms with Crippen molar-refractivity contribution in [2.24, 2.45) is 5.73 Å². The van der Waals surface area contributed by atoms with Crippen LogP contribution in [0.1, 0.15) is 25.0 Å². The lowest BCUT2D eigenvalue weighted by atomic mass is 10.1. The van der Waals surface area contributed by atoms with Crippen molar-refractivity contribution in [3.05, 3.63) is 35.9 Å². The fourth-order valence-electron chi connectivity index (χ4n) is 0.907. The van der Waals surface area contributed by atoms with Crippen LogP contribution in [0.3, 0.4) is 0 Å². The highest BCUT2D eigenvalue weighted by Crippen LogP contribution is 2.10. The third-order valence-corrected chi connectivity index (χ3v) is 2.11. The predicted molar refractivity (Wildman–Crippen MR) is 64.4 cm³/mol. The molecular formula is C12H19NO4. The Morgan fingerprint density at radius 2 is 1.88 bits per heavy atom. The van der Waals surface area contributed by atoms with Gasteiger partial charge in [-0.1, -0.05) is 37.3 Å². The molecule has 5 nitrogen and oxygen atoms in total. The van der Waals surface area contributed by atoms with Gasteiger partial charge in [-0.3, -0.25) is 0 Å². The molecule has 0 aromatic heterocycles. The lowest BCUT2D eigenvalue weighted by Crippen LogP contribution is -2.22. The molecule has 0 heterocycles. The van der Waals surface area contributed by atoms with E-state index in [0.717, 1.165) is 6.42 Å². The van der Waals surface area contributed by atoms with Gasteiger partial charge in [-0.2, -0.15) is 0 Å². The zero-order valence-corrected chi connectivity index (χ0v) is 9.78. The fourth-order valence-corrected chi connectivity index (χ4v) is 0.907. The molecule has 1 aromatic carbocycles. The highest BCUT2D eigenvalue weighted by molar-refractivity contribution is 5.73. The van der Waals surface area contributed by atoms with E-state index >= 15 is 0 Å². The first kappa shape index (κ1) is 15.6. The van der Waals surface area contributed by atoms with Crippen LogP contribution in [-0.2, 0) is 4.79 Å². The number of benzene rings is 1. The monoisotopic (exact) mass is 241 g/mol. The smallest absolute Gasteiger partial charge is 0.337 e. The van der Waals surface area contributed by atoms with Crippen LogP contribution in [-0.4, -0.2) is 33.9 Å². The maximum atomic E-state index is 10.2. The molecule has 0 saturated heterocycles. The molecule has 17 heavy (non-hydrogen) atoms. The standard InChI is InChI=1S/C8H8O3.C4H11NO/c9-7(8(10)11)6-4-2-1-3-5-6;1-2-4(5)3-6/h1-5,7,9H,(H,10,11);4,6H,2-3,5H2,1H3/t7-;4-/m11/s1. The zero-order chi connectivity index (χ0) is 13.3. The lowest BCUT2D eigenvalue weighted by molar-refractivity contribution is -0.146. The van der Waals surface area contributed by atoms with Gasteiger partial charge in [0, 0.05) is 6.04 Å². The number of aliphatic hydroxyl groups is 2. The van der Waals surface area contributed by atoms with Gasteiger partial charge in [0.05, 0.1) is 6.61 Å². The molecular weight excluding hydrogens is 222 g/mol. The van der Waals surface area contributed by atoms with Gasteiger partial charge in [-0.25, -0.2) is 4.79 Å². The van der Waals surface area contributed by atoms with Crippen LogP contribution in [0.15, 0.2) is 30.3 Å². The minimum absolute atomic E-state index is 0.00926. The Morgan fingerprint density at radius 1 is 1.35 bits per heavy atom. The van der Waals surface area contributed by atoms with Crippen LogP contribution in [0.4, 0.5) is 0 Å². The molecule has 0 aliphatic rings. The normalized spacial score (nSPS) is 13.2. The second-order valence-corrected chi connectivity index (χ2v) is 3.50. The van der Waals surface area contributed by atoms with E-state index in [1.54, 1.807) is 30.3 Å². The Hall–Kier alpha value is -1.43. The molecule has 0 aliphatic carbocycles. The van der Waals surface area contributed by atoms with Crippen LogP contribution < -0.4 is 5.73 Å². The molecule has 0 fully saturated rings. The predicted octanol–water partition coefficient (Wildman–Crippen LogP) is 0.521. The molecule has 0 amide bonds. The van der Waals surface area contributed by atoms with E-state index in [1.807, 2.05) is 6.92 Å². The number of rotatable bonds is 4. The van der Waals surface area contributed by atoms with Gasteiger partial charge >= 0.3 is 5.97 Å². The van der Waals surface area contributed by atoms with Gasteiger partial charge in [-0.15, -0.1) is 0 Å². The number of hydrogen-bond donors (Lipinski definition) is 4. The maximum absolute atomic E-state index is 10.2. The molecule has 96 valence electrons. The number of hydrogen-bond acceptors (Lipinski definition) is 4. The van der Waals surface area contributed by atoms with E-state index in [9.17, 15) is 4.79 Å². The Bertz CT molecular complexity index is 312. The summed E-state index contributed by atoms with van der Waals surface area (Å²) in [5.41, 5.74) is 5.63. The van der Waals surface area contributed by atoms with Crippen molar-refractivity contribution >= 4 is 5.97 Å². The summed E-state index contributed by atoms with van der Waals surface area (Å²) in [7, 11) is 0. The summed E-state index contributed by atoms with van der Waals surface area (Å²) in [6.45, 7) is 2.05. The average molecular weight is 241 g/mol. The molecule has 1 rings (SSSR count). The van der Waals surface area contributed by atoms with Crippen LogP contribution in [0.5, 0.6) is 0 Å². The molecule has 0 spiro atoms. The Balaban J connectivity index is 0.000000366. The van der Waals surface area contributed by atoms with Crippen LogP contribution in [0.25, 0.3) is 0 Å². The van der Waals surface area contributed by atoms with Crippen molar-refractivity contribution in [3.8, 4) is 0 Å². The maximum Gasteiger partial charge on any atom is 0.337 e. The molecule has 0 saturated carbocycles. The summed E-state index contributed by atoms with van der Waals surface area (Å²) in [6, 6.07) is 8.25. The number of aliphatic hydroxyl groups excluding tert-OH is 2. The summed E-state index contributed by atoms with van der Waals surface area (Å²) in [4.78, 5) is 10.2. The largest absolute Gasteiger partial charge is 0.479 e. The molecule has 1 aromatic rings. The lowest BCUT2D eigenvalue weighted by Gasteiger charge is -2.03. The van der Waals surface area contributed by atoms with Crippen molar-refractivity contribution in [3.63, 3.8) is 0 Å². The average Bonchev–Trinajstić information content (AvgIpc) is 2.38. The molecule has 2 atom stereocenters. The van der Waals surface area contributed by atoms with Crippen LogP contribution in [0.2, 0.25) is 0 Å². The third kappa shape index (κ3) is 6.68. The SMILES string of the molecule is CC[C@@H](N)CO.O=C(O)[C@H](O)c1ccccc1. The van der Waals surface area contributed by atoms with E-state index in [-0.39, 0.29) is 12.6 Å². The van der Waals surface area contributed by atoms with E-state index in [2.05, 4.69) is 0 Å². The Kier molecular flexibility index (Phi) is 7.96. The van der Waals surface area contributed by atoms with Gasteiger partial charge in [0.1, 0.15) is 0 Å². The summed E-state index contributed by atoms with van der Waals surface area (Å²) >= 11 is 0. The summed E-state index contributed by atoms with van der Waals surface area (Å²) in [5, 5.41) is 25.6. The quantitative estimate of drug-likeness (QED) is 0.615. The second-order valence-electron chi connectivity index (χ2n) is 3.50. The minimum Gasteiger partial charge on any atom is -0.479 e. The van der Waals surface area contributed by atoms with Crippen LogP contribution >= 0.6 is 0 Å². The summed E-state index contributed by atoms with van der Waals surface area (Å²) < 4.78 is 0. The first-order valence-electron chi connectivity index (χ1n) is 5.35. The van der Waals surface area contributed by atoms with Gasteiger partial charge < -0.3 is 21.1 Å². The third-order valence-electron chi connectivity index (χ3n) is 2.11. The van der Waals surface area contributed by atoms with E-state index < -0.39 is 12.1 Å². The molecule has 0 aliphatic heterocycles. The van der Waals surface area contributed by atoms with Crippen molar-refractivity contribution in [2.45, 2.75) is 25.5 Å². The van der Waals surface area contributed by atoms with Crippen molar-refractivity contribution in [1.29, 1.82) is 0 Å². The molecule has 0 radical (unpaired) electrons. The van der Waals surface area contributed by atoms with E-state index in [1.165, 1.54) is 0 Å². The Labute approximate surface area is 101 Å². The summed E-state index contributed by atoms with van der Waals surface area (Å²) in [6.07, 6.45) is -0.549. The highest BCUT2D eigenvalue weighted by atomic mass is 16.4. The van der Waals surface area contributed by atoms with Gasteiger partial charge in [0.15, 0.2) is 6.10 Å². The molecule has 5 N–H and O–H groups in total. The van der Waals surface area contributed by atoms with Crippen LogP contribution in [0, 0.1) is 0 Å². The highest BCUT2D eigenvalue weighted by Gasteiger charge is 2.14. The fraction of sp³-hybridized carbons (Fsp3) is 0.417. The zero-order valence-electron chi connectivity index (χ0n) is 9.78. The molecule has 0 bridgehead atoms. The summed E-state index contributed by atoms with van der Waals surface area (Å²) in [5.74, 6) is -1.23. The van der Waals surface area contributed by atoms with Gasteiger partial charge in [-0.05, 0) is 12.0 Å². The minimum atomic E-state index is -1.41.